The molecule has 0 radical (unpaired) electrons. The largest absolute Gasteiger partial charge is 0.378 e. The van der Waals surface area contributed by atoms with Crippen molar-refractivity contribution in [1.82, 2.24) is 14.5 Å². The lowest BCUT2D eigenvalue weighted by atomic mass is 10.1. The van der Waals surface area contributed by atoms with Gasteiger partial charge in [-0.3, -0.25) is 14.8 Å². The minimum Gasteiger partial charge on any atom is -0.378 e. The number of nitrogens with zero attached hydrogens (tertiary/aromatic N) is 4. The highest BCUT2D eigenvalue weighted by atomic mass is 16.5. The van der Waals surface area contributed by atoms with Crippen LogP contribution in [-0.2, 0) is 16.1 Å². The first-order valence-corrected chi connectivity index (χ1v) is 9.68. The minimum atomic E-state index is 0.321. The zero-order valence-corrected chi connectivity index (χ0v) is 15.9. The van der Waals surface area contributed by atoms with Crippen molar-refractivity contribution in [2.45, 2.75) is 39.7 Å². The number of piperidine rings is 1. The molecule has 1 aromatic heterocycles. The second-order valence-electron chi connectivity index (χ2n) is 6.75. The van der Waals surface area contributed by atoms with Crippen LogP contribution in [0.2, 0.25) is 0 Å². The Balaban J connectivity index is 1.93. The van der Waals surface area contributed by atoms with Crippen LogP contribution in [0.5, 0.6) is 0 Å². The van der Waals surface area contributed by atoms with E-state index in [1.54, 1.807) is 0 Å². The number of rotatable bonds is 6. The first-order chi connectivity index (χ1) is 12.7. The third-order valence-electron chi connectivity index (χ3n) is 4.96. The van der Waals surface area contributed by atoms with Gasteiger partial charge in [-0.25, -0.2) is 4.98 Å². The number of hydrogen-bond acceptors (Lipinski definition) is 6. The van der Waals surface area contributed by atoms with Gasteiger partial charge in [0.15, 0.2) is 5.84 Å². The number of amidine groups is 1. The summed E-state index contributed by atoms with van der Waals surface area (Å²) in [4.78, 5) is 20.7. The van der Waals surface area contributed by atoms with E-state index in [-0.39, 0.29) is 0 Å². The summed E-state index contributed by atoms with van der Waals surface area (Å²) in [5.74, 6) is 2.55. The fourth-order valence-electron chi connectivity index (χ4n) is 3.46. The fraction of sp³-hybridized carbons (Fsp3) is 0.722. The number of ether oxygens (including phenoxy) is 1. The van der Waals surface area contributed by atoms with Crippen molar-refractivity contribution in [3.63, 3.8) is 0 Å². The van der Waals surface area contributed by atoms with Crippen molar-refractivity contribution in [1.29, 1.82) is 5.41 Å². The van der Waals surface area contributed by atoms with Crippen LogP contribution < -0.4 is 10.2 Å². The molecular weight excluding hydrogens is 332 g/mol. The van der Waals surface area contributed by atoms with Crippen molar-refractivity contribution >= 4 is 23.4 Å². The van der Waals surface area contributed by atoms with Gasteiger partial charge >= 0.3 is 0 Å². The Labute approximate surface area is 155 Å². The van der Waals surface area contributed by atoms with E-state index in [4.69, 9.17) is 15.1 Å². The highest BCUT2D eigenvalue weighted by Crippen LogP contribution is 2.27. The maximum atomic E-state index is 11.6. The molecule has 2 aliphatic rings. The van der Waals surface area contributed by atoms with Crippen molar-refractivity contribution in [3.8, 4) is 0 Å². The summed E-state index contributed by atoms with van der Waals surface area (Å²) in [6, 6.07) is 0. The molecule has 0 amide bonds. The van der Waals surface area contributed by atoms with Gasteiger partial charge in [0.1, 0.15) is 17.3 Å². The van der Waals surface area contributed by atoms with Crippen LogP contribution in [0.4, 0.5) is 11.8 Å². The van der Waals surface area contributed by atoms with Crippen molar-refractivity contribution in [2.24, 2.45) is 0 Å². The van der Waals surface area contributed by atoms with Crippen LogP contribution in [-0.4, -0.2) is 72.0 Å². The fourth-order valence-corrected chi connectivity index (χ4v) is 3.46. The topological polar surface area (TPSA) is 86.5 Å². The molecule has 0 atom stereocenters. The molecule has 0 aromatic carbocycles. The molecule has 8 heteroatoms. The molecule has 8 nitrogen and oxygen atoms in total. The normalized spacial score (nSPS) is 18.3. The molecule has 0 saturated carbocycles. The van der Waals surface area contributed by atoms with E-state index >= 15 is 0 Å². The molecule has 0 spiro atoms. The van der Waals surface area contributed by atoms with Gasteiger partial charge in [0.25, 0.3) is 0 Å². The molecule has 0 bridgehead atoms. The van der Waals surface area contributed by atoms with Crippen molar-refractivity contribution in [2.75, 3.05) is 56.2 Å². The first kappa shape index (κ1) is 18.7. The van der Waals surface area contributed by atoms with Gasteiger partial charge in [0.05, 0.1) is 13.2 Å². The molecule has 1 aromatic rings. The van der Waals surface area contributed by atoms with Gasteiger partial charge in [-0.2, -0.15) is 0 Å². The standard InChI is InChI=1S/C18H30N6O2/c1-3-7-20-17-15(16(19)22-10-12-26-13-11-22)21-18(24(17)4-2)23-8-5-14(25)6-9-23/h19-20H,3-13H2,1-2H3. The molecule has 0 aliphatic carbocycles. The second kappa shape index (κ2) is 8.53. The molecule has 3 heterocycles. The SMILES string of the molecule is CCCNc1c(C(=N)N2CCOCC2)nc(N2CCC(=O)CC2)n1CC. The van der Waals surface area contributed by atoms with E-state index in [1.165, 1.54) is 0 Å². The van der Waals surface area contributed by atoms with Crippen LogP contribution in [0.25, 0.3) is 0 Å². The number of nitrogens with one attached hydrogen (secondary N) is 2. The third kappa shape index (κ3) is 3.85. The van der Waals surface area contributed by atoms with E-state index in [9.17, 15) is 4.79 Å². The summed E-state index contributed by atoms with van der Waals surface area (Å²) in [6.45, 7) is 9.98. The quantitative estimate of drug-likeness (QED) is 0.590. The minimum absolute atomic E-state index is 0.321. The molecule has 0 unspecified atom stereocenters. The lowest BCUT2D eigenvalue weighted by Gasteiger charge is -2.28. The Morgan fingerprint density at radius 3 is 2.50 bits per heavy atom. The third-order valence-corrected chi connectivity index (χ3v) is 4.96. The predicted octanol–water partition coefficient (Wildman–Crippen LogP) is 1.55. The number of anilines is 2. The zero-order chi connectivity index (χ0) is 18.5. The maximum absolute atomic E-state index is 11.6. The molecule has 26 heavy (non-hydrogen) atoms. The Hall–Kier alpha value is -2.09. The summed E-state index contributed by atoms with van der Waals surface area (Å²) in [5.41, 5.74) is 0.703. The number of imidazole rings is 1. The number of Topliss-reactive ketones (excluding diaryl/α,β-unsaturated/α-hetero) is 1. The van der Waals surface area contributed by atoms with Gasteiger partial charge in [0, 0.05) is 52.1 Å². The van der Waals surface area contributed by atoms with E-state index in [2.05, 4.69) is 28.6 Å². The van der Waals surface area contributed by atoms with Crippen LogP contribution in [0, 0.1) is 5.41 Å². The number of hydrogen-bond donors (Lipinski definition) is 2. The molecule has 144 valence electrons. The van der Waals surface area contributed by atoms with Crippen LogP contribution in [0.1, 0.15) is 38.8 Å². The lowest BCUT2D eigenvalue weighted by Crippen LogP contribution is -2.41. The number of carbonyl (C=O) groups is 1. The summed E-state index contributed by atoms with van der Waals surface area (Å²) in [5, 5.41) is 12.2. The summed E-state index contributed by atoms with van der Waals surface area (Å²) >= 11 is 0. The Morgan fingerprint density at radius 1 is 1.19 bits per heavy atom. The number of ketones is 1. The smallest absolute Gasteiger partial charge is 0.207 e. The van der Waals surface area contributed by atoms with Crippen molar-refractivity contribution < 1.29 is 9.53 Å². The molecule has 3 rings (SSSR count). The van der Waals surface area contributed by atoms with E-state index in [0.717, 1.165) is 44.4 Å². The maximum Gasteiger partial charge on any atom is 0.207 e. The average Bonchev–Trinajstić information content (AvgIpc) is 3.05. The van der Waals surface area contributed by atoms with Gasteiger partial charge < -0.3 is 19.9 Å². The Morgan fingerprint density at radius 2 is 1.88 bits per heavy atom. The molecule has 2 fully saturated rings. The van der Waals surface area contributed by atoms with E-state index < -0.39 is 0 Å². The number of morpholine rings is 1. The van der Waals surface area contributed by atoms with Gasteiger partial charge in [-0.15, -0.1) is 0 Å². The highest BCUT2D eigenvalue weighted by molar-refractivity contribution is 6.00. The van der Waals surface area contributed by atoms with Crippen molar-refractivity contribution in [3.05, 3.63) is 5.69 Å². The monoisotopic (exact) mass is 362 g/mol. The lowest BCUT2D eigenvalue weighted by molar-refractivity contribution is -0.119. The zero-order valence-electron chi connectivity index (χ0n) is 15.9. The number of aromatic nitrogens is 2. The van der Waals surface area contributed by atoms with Crippen LogP contribution >= 0.6 is 0 Å². The molecular formula is C18H30N6O2. The molecule has 2 saturated heterocycles. The molecule has 2 N–H and O–H groups in total. The predicted molar refractivity (Wildman–Crippen MR) is 102 cm³/mol. The average molecular weight is 362 g/mol. The van der Waals surface area contributed by atoms with Gasteiger partial charge in [-0.05, 0) is 13.3 Å². The Kier molecular flexibility index (Phi) is 6.13. The number of carbonyl (C=O) groups excluding carboxylic acids is 1. The van der Waals surface area contributed by atoms with Gasteiger partial charge in [-0.1, -0.05) is 6.92 Å². The van der Waals surface area contributed by atoms with E-state index in [0.29, 0.717) is 56.5 Å². The van der Waals surface area contributed by atoms with Gasteiger partial charge in [0.2, 0.25) is 5.95 Å². The Bertz CT molecular complexity index is 640. The van der Waals surface area contributed by atoms with Crippen LogP contribution in [0.15, 0.2) is 0 Å². The summed E-state index contributed by atoms with van der Waals surface area (Å²) in [7, 11) is 0. The molecule has 2 aliphatic heterocycles. The highest BCUT2D eigenvalue weighted by Gasteiger charge is 2.28. The van der Waals surface area contributed by atoms with Crippen LogP contribution in [0.3, 0.4) is 0 Å². The summed E-state index contributed by atoms with van der Waals surface area (Å²) < 4.78 is 7.57. The second-order valence-corrected chi connectivity index (χ2v) is 6.75. The first-order valence-electron chi connectivity index (χ1n) is 9.68. The van der Waals surface area contributed by atoms with E-state index in [1.807, 2.05) is 4.90 Å². The summed E-state index contributed by atoms with van der Waals surface area (Å²) in [6.07, 6.45) is 2.15.